The Morgan fingerprint density at radius 2 is 2.05 bits per heavy atom. The summed E-state index contributed by atoms with van der Waals surface area (Å²) in [7, 11) is -2.22. The predicted octanol–water partition coefficient (Wildman–Crippen LogP) is 0.694. The van der Waals surface area contributed by atoms with Crippen LogP contribution in [0.5, 0.6) is 0 Å². The molecule has 1 aromatic rings. The van der Waals surface area contributed by atoms with Crippen molar-refractivity contribution in [1.29, 1.82) is 0 Å². The minimum absolute atomic E-state index is 0.0284. The van der Waals surface area contributed by atoms with Crippen molar-refractivity contribution in [3.05, 3.63) is 9.26 Å². The van der Waals surface area contributed by atoms with Crippen LogP contribution in [0.25, 0.3) is 0 Å². The molecule has 0 radical (unpaired) electrons. The molecule has 0 unspecified atom stereocenters. The third-order valence-electron chi connectivity index (χ3n) is 2.60. The maximum Gasteiger partial charge on any atom is 0.258 e. The van der Waals surface area contributed by atoms with Crippen molar-refractivity contribution in [3.63, 3.8) is 0 Å². The van der Waals surface area contributed by atoms with Crippen molar-refractivity contribution >= 4 is 38.5 Å². The maximum absolute atomic E-state index is 11.5. The average molecular weight is 400 g/mol. The van der Waals surface area contributed by atoms with E-state index in [0.717, 1.165) is 0 Å². The van der Waals surface area contributed by atoms with E-state index in [2.05, 4.69) is 5.10 Å². The molecule has 0 aliphatic rings. The number of rotatable bonds is 4. The van der Waals surface area contributed by atoms with Gasteiger partial charge in [-0.15, -0.1) is 0 Å². The summed E-state index contributed by atoms with van der Waals surface area (Å²) in [5.74, 6) is -0.107. The van der Waals surface area contributed by atoms with Crippen molar-refractivity contribution in [2.24, 2.45) is 5.14 Å². The van der Waals surface area contributed by atoms with E-state index in [1.165, 1.54) is 11.8 Å². The van der Waals surface area contributed by atoms with Crippen LogP contribution in [0, 0.1) is 3.57 Å². The molecule has 0 aliphatic heterocycles. The number of amides is 1. The zero-order chi connectivity index (χ0) is 15.0. The molecule has 108 valence electrons. The summed E-state index contributed by atoms with van der Waals surface area (Å²) in [5.41, 5.74) is 0.664. The highest BCUT2D eigenvalue weighted by atomic mass is 127. The molecule has 1 aromatic heterocycles. The lowest BCUT2D eigenvalue weighted by molar-refractivity contribution is -0.128. The van der Waals surface area contributed by atoms with Gasteiger partial charge in [-0.05, 0) is 36.4 Å². The number of hydrogen-bond donors (Lipinski definition) is 1. The van der Waals surface area contributed by atoms with Crippen LogP contribution in [-0.4, -0.2) is 36.1 Å². The van der Waals surface area contributed by atoms with Crippen molar-refractivity contribution in [3.8, 4) is 0 Å². The first-order valence-electron chi connectivity index (χ1n) is 5.57. The van der Waals surface area contributed by atoms with Gasteiger partial charge in [0.05, 0.1) is 15.8 Å². The lowest BCUT2D eigenvalue weighted by atomic mass is 10.3. The molecule has 0 spiro atoms. The van der Waals surface area contributed by atoms with Gasteiger partial charge in [0.25, 0.3) is 10.0 Å². The van der Waals surface area contributed by atoms with Gasteiger partial charge in [-0.2, -0.15) is 5.10 Å². The van der Waals surface area contributed by atoms with Crippen LogP contribution in [0.2, 0.25) is 0 Å². The number of nitrogens with two attached hydrogens (primary N) is 1. The van der Waals surface area contributed by atoms with Crippen molar-refractivity contribution in [2.45, 2.75) is 38.4 Å². The van der Waals surface area contributed by atoms with Gasteiger partial charge in [0.1, 0.15) is 0 Å². The zero-order valence-corrected chi connectivity index (χ0v) is 14.2. The van der Waals surface area contributed by atoms with Gasteiger partial charge in [0.2, 0.25) is 10.9 Å². The minimum atomic E-state index is -3.87. The number of aromatic nitrogens is 2. The fourth-order valence-electron chi connectivity index (χ4n) is 1.51. The summed E-state index contributed by atoms with van der Waals surface area (Å²) in [6.07, 6.45) is 0. The van der Waals surface area contributed by atoms with E-state index in [4.69, 9.17) is 5.14 Å². The molecule has 0 bridgehead atoms. The second-order valence-corrected chi connectivity index (χ2v) is 7.08. The van der Waals surface area contributed by atoms with Crippen LogP contribution in [0.15, 0.2) is 5.03 Å². The summed E-state index contributed by atoms with van der Waals surface area (Å²) >= 11 is 1.90. The molecule has 1 heterocycles. The standard InChI is InChI=1S/C10H17IN4O3S/c1-6(2)15-8(5-14(4)7(3)16)9(11)10(13-15)19(12,17)18/h6H,5H2,1-4H3,(H2,12,17,18). The zero-order valence-electron chi connectivity index (χ0n) is 11.2. The van der Waals surface area contributed by atoms with Gasteiger partial charge < -0.3 is 4.90 Å². The molecule has 0 aromatic carbocycles. The van der Waals surface area contributed by atoms with Crippen LogP contribution in [0.3, 0.4) is 0 Å². The molecular formula is C10H17IN4O3S. The topological polar surface area (TPSA) is 98.3 Å². The Labute approximate surface area is 126 Å². The molecule has 9 heteroatoms. The van der Waals surface area contributed by atoms with E-state index in [1.807, 2.05) is 36.4 Å². The Balaban J connectivity index is 3.37. The molecule has 7 nitrogen and oxygen atoms in total. The van der Waals surface area contributed by atoms with E-state index in [1.54, 1.807) is 11.7 Å². The Kier molecular flexibility index (Phi) is 4.96. The van der Waals surface area contributed by atoms with Crippen molar-refractivity contribution in [1.82, 2.24) is 14.7 Å². The lowest BCUT2D eigenvalue weighted by Crippen LogP contribution is -2.25. The molecule has 1 amide bonds. The van der Waals surface area contributed by atoms with Crippen LogP contribution in [0.4, 0.5) is 0 Å². The highest BCUT2D eigenvalue weighted by Crippen LogP contribution is 2.24. The predicted molar refractivity (Wildman–Crippen MR) is 78.9 cm³/mol. The molecule has 0 saturated carbocycles. The third kappa shape index (κ3) is 3.66. The van der Waals surface area contributed by atoms with E-state index < -0.39 is 10.0 Å². The molecule has 0 saturated heterocycles. The normalized spacial score (nSPS) is 11.9. The van der Waals surface area contributed by atoms with Gasteiger partial charge in [-0.25, -0.2) is 13.6 Å². The SMILES string of the molecule is CC(=O)N(C)Cc1c(I)c(S(N)(=O)=O)nn1C(C)C. The fourth-order valence-corrected chi connectivity index (χ4v) is 3.53. The van der Waals surface area contributed by atoms with E-state index in [0.29, 0.717) is 9.26 Å². The first kappa shape index (κ1) is 16.4. The van der Waals surface area contributed by atoms with E-state index >= 15 is 0 Å². The second kappa shape index (κ2) is 5.75. The quantitative estimate of drug-likeness (QED) is 0.753. The Bertz CT molecular complexity index is 594. The van der Waals surface area contributed by atoms with E-state index in [-0.39, 0.29) is 23.5 Å². The second-order valence-electron chi connectivity index (χ2n) is 4.52. The van der Waals surface area contributed by atoms with Gasteiger partial charge in [-0.1, -0.05) is 0 Å². The lowest BCUT2D eigenvalue weighted by Gasteiger charge is -2.17. The summed E-state index contributed by atoms with van der Waals surface area (Å²) < 4.78 is 25.0. The molecule has 1 rings (SSSR count). The monoisotopic (exact) mass is 400 g/mol. The van der Waals surface area contributed by atoms with E-state index in [9.17, 15) is 13.2 Å². The summed E-state index contributed by atoms with van der Waals surface area (Å²) in [5, 5.41) is 9.05. The molecular weight excluding hydrogens is 383 g/mol. The van der Waals surface area contributed by atoms with Crippen molar-refractivity contribution in [2.75, 3.05) is 7.05 Å². The van der Waals surface area contributed by atoms with Gasteiger partial charge in [0, 0.05) is 20.0 Å². The van der Waals surface area contributed by atoms with Gasteiger partial charge >= 0.3 is 0 Å². The number of hydrogen-bond acceptors (Lipinski definition) is 4. The van der Waals surface area contributed by atoms with Crippen LogP contribution >= 0.6 is 22.6 Å². The first-order valence-corrected chi connectivity index (χ1v) is 8.19. The molecule has 0 aliphatic carbocycles. The number of primary sulfonamides is 1. The summed E-state index contributed by atoms with van der Waals surface area (Å²) in [4.78, 5) is 12.8. The smallest absolute Gasteiger partial charge is 0.258 e. The summed E-state index contributed by atoms with van der Waals surface area (Å²) in [6, 6.07) is -0.0284. The van der Waals surface area contributed by atoms with Gasteiger partial charge in [-0.3, -0.25) is 9.48 Å². The van der Waals surface area contributed by atoms with Crippen LogP contribution in [0.1, 0.15) is 32.5 Å². The average Bonchev–Trinajstić information content (AvgIpc) is 2.56. The summed E-state index contributed by atoms with van der Waals surface area (Å²) in [6.45, 7) is 5.50. The fraction of sp³-hybridized carbons (Fsp3) is 0.600. The van der Waals surface area contributed by atoms with Crippen LogP contribution < -0.4 is 5.14 Å². The Morgan fingerprint density at radius 3 is 2.42 bits per heavy atom. The number of carbonyl (C=O) groups is 1. The molecule has 0 atom stereocenters. The number of sulfonamides is 1. The molecule has 2 N–H and O–H groups in total. The number of carbonyl (C=O) groups excluding carboxylic acids is 1. The minimum Gasteiger partial charge on any atom is -0.340 e. The van der Waals surface area contributed by atoms with Gasteiger partial charge in [0.15, 0.2) is 0 Å². The van der Waals surface area contributed by atoms with Crippen molar-refractivity contribution < 1.29 is 13.2 Å². The molecule has 19 heavy (non-hydrogen) atoms. The number of nitrogens with zero attached hydrogens (tertiary/aromatic N) is 3. The number of halogens is 1. The van der Waals surface area contributed by atoms with Crippen LogP contribution in [-0.2, 0) is 21.4 Å². The Morgan fingerprint density at radius 1 is 1.53 bits per heavy atom. The Hall–Kier alpha value is -0.680. The highest BCUT2D eigenvalue weighted by molar-refractivity contribution is 14.1. The largest absolute Gasteiger partial charge is 0.340 e. The first-order chi connectivity index (χ1) is 8.55. The molecule has 0 fully saturated rings. The third-order valence-corrected chi connectivity index (χ3v) is 4.92. The maximum atomic E-state index is 11.5. The highest BCUT2D eigenvalue weighted by Gasteiger charge is 2.25.